The van der Waals surface area contributed by atoms with Gasteiger partial charge in [0, 0.05) is 17.8 Å². The maximum Gasteiger partial charge on any atom is 0.235 e. The van der Waals surface area contributed by atoms with Crippen LogP contribution in [0, 0.1) is 29.1 Å². The van der Waals surface area contributed by atoms with Crippen molar-refractivity contribution in [1.29, 1.82) is 0 Å². The first-order valence-electron chi connectivity index (χ1n) is 12.2. The number of benzene rings is 1. The van der Waals surface area contributed by atoms with E-state index in [4.69, 9.17) is 5.73 Å². The molecule has 10 nitrogen and oxygen atoms in total. The number of aliphatic hydroxyl groups is 1. The van der Waals surface area contributed by atoms with Gasteiger partial charge in [-0.15, -0.1) is 0 Å². The van der Waals surface area contributed by atoms with Crippen molar-refractivity contribution in [2.24, 2.45) is 34.8 Å². The molecule has 1 amide bonds. The van der Waals surface area contributed by atoms with Crippen LogP contribution in [-0.4, -0.2) is 75.7 Å². The number of phenolic OH excluding ortho intramolecular Hbond substituents is 1. The number of hydrogen-bond acceptors (Lipinski definition) is 9. The third kappa shape index (κ3) is 3.85. The third-order valence-electron chi connectivity index (χ3n) is 8.23. The number of primary amides is 1. The van der Waals surface area contributed by atoms with Crippen molar-refractivity contribution in [3.05, 3.63) is 28.8 Å². The Balaban J connectivity index is 1.84. The standard InChI is InChI=1S/C27H32N2O8/c1-26(2,3)16(31)10-11-6-7-15(30)18-13(11)8-12-9-14-20(29(4)5)22(33)19(25(28)36)24(35)27(14,37)23(34)17(12)21(18)32/h6-7,12,14,17,19-20,30,37H,8-10H2,1-5H3,(H2,28,36)/t12-,14-,17?,19?,20-,27-/m1/s1. The van der Waals surface area contributed by atoms with Gasteiger partial charge < -0.3 is 15.9 Å². The molecule has 3 aliphatic carbocycles. The number of hydrogen-bond donors (Lipinski definition) is 3. The Kier molecular flexibility index (Phi) is 6.28. The first-order chi connectivity index (χ1) is 17.0. The molecule has 2 saturated carbocycles. The molecular weight excluding hydrogens is 480 g/mol. The number of ketones is 5. The average Bonchev–Trinajstić information content (AvgIpc) is 2.76. The minimum atomic E-state index is -2.76. The molecule has 6 atom stereocenters. The van der Waals surface area contributed by atoms with E-state index in [0.29, 0.717) is 11.1 Å². The maximum absolute atomic E-state index is 13.8. The van der Waals surface area contributed by atoms with E-state index in [1.165, 1.54) is 25.1 Å². The van der Waals surface area contributed by atoms with E-state index < -0.39 is 69.8 Å². The molecule has 2 unspecified atom stereocenters. The fourth-order valence-corrected chi connectivity index (χ4v) is 6.27. The number of likely N-dealkylation sites (N-methyl/N-ethyl adjacent to an activating group) is 1. The molecule has 4 N–H and O–H groups in total. The lowest BCUT2D eigenvalue weighted by molar-refractivity contribution is -0.181. The van der Waals surface area contributed by atoms with E-state index >= 15 is 0 Å². The molecule has 37 heavy (non-hydrogen) atoms. The van der Waals surface area contributed by atoms with Crippen molar-refractivity contribution < 1.29 is 39.0 Å². The fourth-order valence-electron chi connectivity index (χ4n) is 6.27. The predicted octanol–water partition coefficient (Wildman–Crippen LogP) is 0.0247. The number of fused-ring (bicyclic) bond motifs is 3. The summed E-state index contributed by atoms with van der Waals surface area (Å²) < 4.78 is 0. The van der Waals surface area contributed by atoms with E-state index in [-0.39, 0.29) is 36.4 Å². The summed E-state index contributed by atoms with van der Waals surface area (Å²) in [5.74, 6) is -11.0. The fraction of sp³-hybridized carbons (Fsp3) is 0.556. The minimum Gasteiger partial charge on any atom is -0.507 e. The molecule has 3 aliphatic rings. The number of amides is 1. The van der Waals surface area contributed by atoms with Gasteiger partial charge >= 0.3 is 0 Å². The highest BCUT2D eigenvalue weighted by atomic mass is 16.3. The van der Waals surface area contributed by atoms with Gasteiger partial charge in [0.15, 0.2) is 34.7 Å². The second-order valence-electron chi connectivity index (χ2n) is 11.7. The number of rotatable bonds is 4. The van der Waals surface area contributed by atoms with Crippen LogP contribution in [0.1, 0.15) is 48.7 Å². The molecule has 0 spiro atoms. The van der Waals surface area contributed by atoms with Crippen LogP contribution in [0.15, 0.2) is 12.1 Å². The van der Waals surface area contributed by atoms with Crippen molar-refractivity contribution in [1.82, 2.24) is 4.90 Å². The molecule has 0 radical (unpaired) electrons. The van der Waals surface area contributed by atoms with Crippen LogP contribution in [0.4, 0.5) is 0 Å². The summed E-state index contributed by atoms with van der Waals surface area (Å²) in [6, 6.07) is 1.72. The molecule has 2 fully saturated rings. The van der Waals surface area contributed by atoms with Gasteiger partial charge in [0.25, 0.3) is 0 Å². The van der Waals surface area contributed by atoms with Crippen LogP contribution in [-0.2, 0) is 36.8 Å². The molecule has 0 aromatic heterocycles. The van der Waals surface area contributed by atoms with Crippen LogP contribution in [0.3, 0.4) is 0 Å². The van der Waals surface area contributed by atoms with Gasteiger partial charge in [-0.3, -0.25) is 33.7 Å². The number of aromatic hydroxyl groups is 1. The minimum absolute atomic E-state index is 0.0235. The number of phenols is 1. The van der Waals surface area contributed by atoms with E-state index in [1.807, 2.05) is 0 Å². The lowest BCUT2D eigenvalue weighted by Gasteiger charge is -2.52. The van der Waals surface area contributed by atoms with Gasteiger partial charge in [0.1, 0.15) is 11.5 Å². The lowest BCUT2D eigenvalue weighted by Crippen LogP contribution is -2.74. The number of carbonyl (C=O) groups excluding carboxylic acids is 6. The summed E-state index contributed by atoms with van der Waals surface area (Å²) in [5, 5.41) is 22.2. The van der Waals surface area contributed by atoms with E-state index in [0.717, 1.165) is 0 Å². The van der Waals surface area contributed by atoms with Crippen LogP contribution >= 0.6 is 0 Å². The van der Waals surface area contributed by atoms with Crippen LogP contribution < -0.4 is 5.73 Å². The summed E-state index contributed by atoms with van der Waals surface area (Å²) in [5.41, 5.74) is 2.82. The van der Waals surface area contributed by atoms with Gasteiger partial charge in [0.05, 0.1) is 17.5 Å². The van der Waals surface area contributed by atoms with Crippen molar-refractivity contribution in [2.75, 3.05) is 14.1 Å². The highest BCUT2D eigenvalue weighted by Gasteiger charge is 2.69. The van der Waals surface area contributed by atoms with Crippen molar-refractivity contribution in [2.45, 2.75) is 51.7 Å². The second kappa shape index (κ2) is 8.66. The predicted molar refractivity (Wildman–Crippen MR) is 130 cm³/mol. The first-order valence-corrected chi connectivity index (χ1v) is 12.2. The molecular formula is C27H32N2O8. The van der Waals surface area contributed by atoms with Gasteiger partial charge in [-0.05, 0) is 50.0 Å². The highest BCUT2D eigenvalue weighted by molar-refractivity contribution is 6.32. The largest absolute Gasteiger partial charge is 0.507 e. The molecule has 1 aromatic carbocycles. The van der Waals surface area contributed by atoms with Crippen molar-refractivity contribution in [3.8, 4) is 5.75 Å². The summed E-state index contributed by atoms with van der Waals surface area (Å²) in [6.07, 6.45) is 0.120. The van der Waals surface area contributed by atoms with Gasteiger partial charge in [-0.1, -0.05) is 26.8 Å². The summed E-state index contributed by atoms with van der Waals surface area (Å²) in [7, 11) is 3.06. The monoisotopic (exact) mass is 512 g/mol. The lowest BCUT2D eigenvalue weighted by atomic mass is 9.52. The molecule has 0 bridgehead atoms. The summed E-state index contributed by atoms with van der Waals surface area (Å²) in [4.78, 5) is 80.1. The number of nitrogens with two attached hydrogens (primary N) is 1. The zero-order chi connectivity index (χ0) is 27.8. The average molecular weight is 513 g/mol. The summed E-state index contributed by atoms with van der Waals surface area (Å²) in [6.45, 7) is 5.34. The quantitative estimate of drug-likeness (QED) is 0.470. The van der Waals surface area contributed by atoms with Crippen LogP contribution in [0.5, 0.6) is 5.75 Å². The Morgan fingerprint density at radius 1 is 1.11 bits per heavy atom. The molecule has 0 heterocycles. The van der Waals surface area contributed by atoms with Crippen molar-refractivity contribution in [3.63, 3.8) is 0 Å². The molecule has 0 saturated heterocycles. The molecule has 0 aliphatic heterocycles. The van der Waals surface area contributed by atoms with E-state index in [1.54, 1.807) is 26.8 Å². The maximum atomic E-state index is 13.8. The van der Waals surface area contributed by atoms with Crippen molar-refractivity contribution >= 4 is 34.8 Å². The Morgan fingerprint density at radius 3 is 2.27 bits per heavy atom. The van der Waals surface area contributed by atoms with E-state index in [9.17, 15) is 39.0 Å². The summed E-state index contributed by atoms with van der Waals surface area (Å²) >= 11 is 0. The Hall–Kier alpha value is -3.24. The van der Waals surface area contributed by atoms with Crippen LogP contribution in [0.25, 0.3) is 0 Å². The Morgan fingerprint density at radius 2 is 1.73 bits per heavy atom. The van der Waals surface area contributed by atoms with Gasteiger partial charge in [0.2, 0.25) is 5.91 Å². The first kappa shape index (κ1) is 26.8. The zero-order valence-electron chi connectivity index (χ0n) is 21.5. The second-order valence-corrected chi connectivity index (χ2v) is 11.7. The zero-order valence-corrected chi connectivity index (χ0v) is 21.5. The highest BCUT2D eigenvalue weighted by Crippen LogP contribution is 2.51. The number of carbonyl (C=O) groups is 6. The Bertz CT molecular complexity index is 1260. The number of nitrogens with zero attached hydrogens (tertiary/aromatic N) is 1. The third-order valence-corrected chi connectivity index (χ3v) is 8.23. The SMILES string of the molecule is CN(C)[C@H]1C(=O)C(C(N)=O)C(=O)[C@]2(O)C(=O)C3C(=O)c4c(O)ccc(CC(=O)C(C)(C)C)c4C[C@@H]3C[C@H]12. The van der Waals surface area contributed by atoms with Crippen LogP contribution in [0.2, 0.25) is 0 Å². The smallest absolute Gasteiger partial charge is 0.235 e. The molecule has 1 aromatic rings. The van der Waals surface area contributed by atoms with E-state index in [2.05, 4.69) is 0 Å². The Labute approximate surface area is 214 Å². The number of Topliss-reactive ketones (excluding diaryl/α,β-unsaturated/α-hetero) is 5. The molecule has 10 heteroatoms. The topological polar surface area (TPSA) is 172 Å². The molecule has 4 rings (SSSR count). The van der Waals surface area contributed by atoms with Gasteiger partial charge in [-0.25, -0.2) is 0 Å². The molecule has 198 valence electrons. The normalized spacial score (nSPS) is 31.6. The van der Waals surface area contributed by atoms with Gasteiger partial charge in [-0.2, -0.15) is 0 Å².